The van der Waals surface area contributed by atoms with E-state index in [-0.39, 0.29) is 0 Å². The van der Waals surface area contributed by atoms with Crippen LogP contribution < -0.4 is 4.90 Å². The molecule has 0 bridgehead atoms. The molecule has 0 fully saturated rings. The van der Waals surface area contributed by atoms with E-state index in [1.54, 1.807) is 0 Å². The van der Waals surface area contributed by atoms with Gasteiger partial charge in [0.25, 0.3) is 0 Å². The van der Waals surface area contributed by atoms with Gasteiger partial charge < -0.3 is 4.90 Å². The number of benzene rings is 1. The molecule has 0 spiro atoms. The third kappa shape index (κ3) is 2.95. The summed E-state index contributed by atoms with van der Waals surface area (Å²) in [6.07, 6.45) is 0. The second kappa shape index (κ2) is 5.30. The number of hydrogen-bond acceptors (Lipinski definition) is 2. The van der Waals surface area contributed by atoms with Crippen molar-refractivity contribution < 1.29 is 0 Å². The van der Waals surface area contributed by atoms with Crippen LogP contribution in [-0.2, 0) is 0 Å². The molecule has 0 N–H and O–H groups in total. The molecule has 0 aliphatic heterocycles. The van der Waals surface area contributed by atoms with Gasteiger partial charge in [0.2, 0.25) is 0 Å². The van der Waals surface area contributed by atoms with Gasteiger partial charge in [-0.3, -0.25) is 0 Å². The fourth-order valence-corrected chi connectivity index (χ4v) is 1.73. The van der Waals surface area contributed by atoms with E-state index in [1.807, 2.05) is 0 Å². The van der Waals surface area contributed by atoms with Gasteiger partial charge in [-0.05, 0) is 30.2 Å². The van der Waals surface area contributed by atoms with Crippen molar-refractivity contribution in [2.45, 2.75) is 13.8 Å². The Morgan fingerprint density at radius 1 is 1.36 bits per heavy atom. The van der Waals surface area contributed by atoms with Crippen LogP contribution in [0, 0.1) is 12.8 Å². The van der Waals surface area contributed by atoms with Crippen LogP contribution in [0.25, 0.3) is 0 Å². The summed E-state index contributed by atoms with van der Waals surface area (Å²) in [7, 11) is 2.14. The lowest BCUT2D eigenvalue weighted by molar-refractivity contribution is 0.649. The zero-order valence-electron chi connectivity index (χ0n) is 9.20. The predicted octanol–water partition coefficient (Wildman–Crippen LogP) is 3.00. The van der Waals surface area contributed by atoms with E-state index in [0.717, 1.165) is 12.3 Å². The molecule has 1 aromatic carbocycles. The number of nitrogens with zero attached hydrogens (tertiary/aromatic N) is 1. The summed E-state index contributed by atoms with van der Waals surface area (Å²) in [5.41, 5.74) is 2.66. The molecule has 0 saturated heterocycles. The lowest BCUT2D eigenvalue weighted by Gasteiger charge is -2.24. The Balaban J connectivity index is 2.69. The summed E-state index contributed by atoms with van der Waals surface area (Å²) < 4.78 is 0. The zero-order valence-corrected chi connectivity index (χ0v) is 10.1. The smallest absolute Gasteiger partial charge is 0.0393 e. The summed E-state index contributed by atoms with van der Waals surface area (Å²) in [6, 6.07) is 8.48. The average Bonchev–Trinajstić information content (AvgIpc) is 2.18. The van der Waals surface area contributed by atoms with E-state index in [1.165, 1.54) is 11.3 Å². The lowest BCUT2D eigenvalue weighted by Crippen LogP contribution is -2.25. The molecule has 0 aliphatic carbocycles. The first kappa shape index (κ1) is 11.4. The zero-order chi connectivity index (χ0) is 10.6. The quantitative estimate of drug-likeness (QED) is 0.746. The van der Waals surface area contributed by atoms with Crippen LogP contribution in [0.1, 0.15) is 12.5 Å². The number of para-hydroxylation sites is 1. The van der Waals surface area contributed by atoms with Gasteiger partial charge in [-0.2, -0.15) is 12.6 Å². The highest BCUT2D eigenvalue weighted by Crippen LogP contribution is 2.18. The topological polar surface area (TPSA) is 3.24 Å². The van der Waals surface area contributed by atoms with Crippen LogP contribution in [0.15, 0.2) is 24.3 Å². The van der Waals surface area contributed by atoms with Gasteiger partial charge in [0.1, 0.15) is 0 Å². The minimum Gasteiger partial charge on any atom is -0.374 e. The van der Waals surface area contributed by atoms with Crippen molar-refractivity contribution in [1.29, 1.82) is 0 Å². The average molecular weight is 209 g/mol. The van der Waals surface area contributed by atoms with Crippen LogP contribution in [0.4, 0.5) is 5.69 Å². The predicted molar refractivity (Wildman–Crippen MR) is 67.5 cm³/mol. The Hall–Kier alpha value is -0.630. The van der Waals surface area contributed by atoms with E-state index in [9.17, 15) is 0 Å². The Morgan fingerprint density at radius 3 is 2.57 bits per heavy atom. The molecule has 0 heterocycles. The fourth-order valence-electron chi connectivity index (χ4n) is 1.62. The maximum absolute atomic E-state index is 4.30. The molecule has 14 heavy (non-hydrogen) atoms. The Bertz CT molecular complexity index is 285. The standard InChI is InChI=1S/C12H19NS/c1-10(9-14)8-13(3)12-7-5-4-6-11(12)2/h4-7,10,14H,8-9H2,1-3H3. The molecule has 2 heteroatoms. The molecule has 0 amide bonds. The third-order valence-corrected chi connectivity index (χ3v) is 3.05. The van der Waals surface area contributed by atoms with Crippen LogP contribution >= 0.6 is 12.6 Å². The molecular weight excluding hydrogens is 190 g/mol. The van der Waals surface area contributed by atoms with E-state index in [2.05, 4.69) is 62.7 Å². The van der Waals surface area contributed by atoms with Gasteiger partial charge in [-0.25, -0.2) is 0 Å². The molecule has 0 aromatic heterocycles. The lowest BCUT2D eigenvalue weighted by atomic mass is 10.1. The van der Waals surface area contributed by atoms with E-state index >= 15 is 0 Å². The van der Waals surface area contributed by atoms with Crippen molar-refractivity contribution in [1.82, 2.24) is 0 Å². The molecule has 1 atom stereocenters. The van der Waals surface area contributed by atoms with Gasteiger partial charge in [-0.1, -0.05) is 25.1 Å². The van der Waals surface area contributed by atoms with E-state index in [4.69, 9.17) is 0 Å². The highest BCUT2D eigenvalue weighted by molar-refractivity contribution is 7.80. The van der Waals surface area contributed by atoms with Crippen LogP contribution in [0.5, 0.6) is 0 Å². The van der Waals surface area contributed by atoms with Crippen molar-refractivity contribution >= 4 is 18.3 Å². The number of anilines is 1. The van der Waals surface area contributed by atoms with Crippen molar-refractivity contribution in [3.05, 3.63) is 29.8 Å². The van der Waals surface area contributed by atoms with E-state index < -0.39 is 0 Å². The molecule has 1 rings (SSSR count). The van der Waals surface area contributed by atoms with Gasteiger partial charge in [0, 0.05) is 19.3 Å². The van der Waals surface area contributed by atoms with Crippen LogP contribution in [0.2, 0.25) is 0 Å². The largest absolute Gasteiger partial charge is 0.374 e. The maximum atomic E-state index is 4.30. The van der Waals surface area contributed by atoms with Crippen molar-refractivity contribution in [3.63, 3.8) is 0 Å². The fraction of sp³-hybridized carbons (Fsp3) is 0.500. The molecule has 0 saturated carbocycles. The normalized spacial score (nSPS) is 12.6. The Morgan fingerprint density at radius 2 is 2.00 bits per heavy atom. The van der Waals surface area contributed by atoms with Gasteiger partial charge in [-0.15, -0.1) is 0 Å². The summed E-state index contributed by atoms with van der Waals surface area (Å²) >= 11 is 4.30. The number of rotatable bonds is 4. The SMILES string of the molecule is Cc1ccccc1N(C)CC(C)CS. The minimum atomic E-state index is 0.628. The second-order valence-electron chi connectivity index (χ2n) is 3.95. The monoisotopic (exact) mass is 209 g/mol. The second-order valence-corrected chi connectivity index (χ2v) is 4.32. The van der Waals surface area contributed by atoms with Crippen molar-refractivity contribution in [2.75, 3.05) is 24.2 Å². The molecular formula is C12H19NS. The van der Waals surface area contributed by atoms with Crippen LogP contribution in [0.3, 0.4) is 0 Å². The Labute approximate surface area is 92.5 Å². The first-order valence-corrected chi connectivity index (χ1v) is 5.66. The number of thiol groups is 1. The summed E-state index contributed by atoms with van der Waals surface area (Å²) in [4.78, 5) is 2.30. The number of hydrogen-bond donors (Lipinski definition) is 1. The molecule has 78 valence electrons. The highest BCUT2D eigenvalue weighted by Gasteiger charge is 2.06. The molecule has 1 unspecified atom stereocenters. The highest BCUT2D eigenvalue weighted by atomic mass is 32.1. The van der Waals surface area contributed by atoms with E-state index in [0.29, 0.717) is 5.92 Å². The first-order chi connectivity index (χ1) is 6.65. The summed E-state index contributed by atoms with van der Waals surface area (Å²) in [5.74, 6) is 1.57. The first-order valence-electron chi connectivity index (χ1n) is 5.02. The molecule has 1 nitrogen and oxygen atoms in total. The van der Waals surface area contributed by atoms with Crippen molar-refractivity contribution in [2.24, 2.45) is 5.92 Å². The number of aryl methyl sites for hydroxylation is 1. The summed E-state index contributed by atoms with van der Waals surface area (Å²) in [5, 5.41) is 0. The van der Waals surface area contributed by atoms with Crippen molar-refractivity contribution in [3.8, 4) is 0 Å². The minimum absolute atomic E-state index is 0.628. The molecule has 1 aromatic rings. The molecule has 0 aliphatic rings. The van der Waals surface area contributed by atoms with Gasteiger partial charge >= 0.3 is 0 Å². The molecule has 0 radical (unpaired) electrons. The Kier molecular flexibility index (Phi) is 4.33. The third-order valence-electron chi connectivity index (χ3n) is 2.42. The van der Waals surface area contributed by atoms with Crippen LogP contribution in [-0.4, -0.2) is 19.3 Å². The van der Waals surface area contributed by atoms with Gasteiger partial charge in [0.15, 0.2) is 0 Å². The maximum Gasteiger partial charge on any atom is 0.0393 e. The van der Waals surface area contributed by atoms with Gasteiger partial charge in [0.05, 0.1) is 0 Å². The summed E-state index contributed by atoms with van der Waals surface area (Å²) in [6.45, 7) is 5.44.